The summed E-state index contributed by atoms with van der Waals surface area (Å²) in [5, 5.41) is 0.617. The zero-order valence-electron chi connectivity index (χ0n) is 9.43. The predicted molar refractivity (Wildman–Crippen MR) is 68.8 cm³/mol. The number of benzene rings is 2. The molecule has 0 spiro atoms. The summed E-state index contributed by atoms with van der Waals surface area (Å²) < 4.78 is 39.1. The van der Waals surface area contributed by atoms with Gasteiger partial charge in [0.15, 0.2) is 17.5 Å². The van der Waals surface area contributed by atoms with E-state index in [1.807, 2.05) is 0 Å². The van der Waals surface area contributed by atoms with E-state index >= 15 is 0 Å². The number of hydrogen-bond donors (Lipinski definition) is 1. The fourth-order valence-corrected chi connectivity index (χ4v) is 1.96. The minimum atomic E-state index is -1.52. The van der Waals surface area contributed by atoms with Crippen molar-refractivity contribution in [2.75, 3.05) is 0 Å². The lowest BCUT2D eigenvalue weighted by Gasteiger charge is -2.14. The predicted octanol–water partition coefficient (Wildman–Crippen LogP) is 4.46. The zero-order valence-corrected chi connectivity index (χ0v) is 10.9. The van der Waals surface area contributed by atoms with Gasteiger partial charge < -0.3 is 5.73 Å². The molecule has 2 rings (SSSR count). The Balaban J connectivity index is 2.43. The molecule has 1 nitrogen and oxygen atoms in total. The molecule has 1 unspecified atom stereocenters. The summed E-state index contributed by atoms with van der Waals surface area (Å²) in [6.07, 6.45) is 0. The van der Waals surface area contributed by atoms with Gasteiger partial charge in [-0.2, -0.15) is 0 Å². The van der Waals surface area contributed by atoms with Gasteiger partial charge in [0.2, 0.25) is 0 Å². The third-order valence-electron chi connectivity index (χ3n) is 2.67. The first-order chi connectivity index (χ1) is 8.90. The monoisotopic (exact) mass is 305 g/mol. The van der Waals surface area contributed by atoms with Crippen molar-refractivity contribution in [2.24, 2.45) is 5.73 Å². The van der Waals surface area contributed by atoms with Gasteiger partial charge in [-0.1, -0.05) is 29.3 Å². The normalized spacial score (nSPS) is 12.5. The van der Waals surface area contributed by atoms with E-state index < -0.39 is 23.5 Å². The summed E-state index contributed by atoms with van der Waals surface area (Å²) in [6.45, 7) is 0. The highest BCUT2D eigenvalue weighted by molar-refractivity contribution is 6.42. The second-order valence-electron chi connectivity index (χ2n) is 3.95. The van der Waals surface area contributed by atoms with Crippen LogP contribution in [0.4, 0.5) is 13.2 Å². The van der Waals surface area contributed by atoms with E-state index in [9.17, 15) is 13.2 Å². The van der Waals surface area contributed by atoms with E-state index in [4.69, 9.17) is 28.9 Å². The lowest BCUT2D eigenvalue weighted by molar-refractivity contribution is 0.444. The summed E-state index contributed by atoms with van der Waals surface area (Å²) in [6, 6.07) is 5.47. The lowest BCUT2D eigenvalue weighted by atomic mass is 9.99. The van der Waals surface area contributed by atoms with E-state index in [1.54, 1.807) is 6.07 Å². The van der Waals surface area contributed by atoms with Crippen LogP contribution in [0, 0.1) is 17.5 Å². The molecule has 0 saturated carbocycles. The van der Waals surface area contributed by atoms with E-state index in [0.717, 1.165) is 12.1 Å². The highest BCUT2D eigenvalue weighted by Crippen LogP contribution is 2.28. The van der Waals surface area contributed by atoms with Gasteiger partial charge in [-0.3, -0.25) is 0 Å². The molecule has 1 atom stereocenters. The van der Waals surface area contributed by atoms with Crippen molar-refractivity contribution >= 4 is 23.2 Å². The van der Waals surface area contributed by atoms with Crippen LogP contribution in [0.25, 0.3) is 0 Å². The van der Waals surface area contributed by atoms with Crippen molar-refractivity contribution < 1.29 is 13.2 Å². The quantitative estimate of drug-likeness (QED) is 0.815. The molecule has 0 aromatic heterocycles. The number of rotatable bonds is 2. The van der Waals surface area contributed by atoms with Crippen LogP contribution in [0.5, 0.6) is 0 Å². The van der Waals surface area contributed by atoms with Crippen LogP contribution in [0.2, 0.25) is 10.0 Å². The molecular weight excluding hydrogens is 298 g/mol. The van der Waals surface area contributed by atoms with Crippen LogP contribution < -0.4 is 5.73 Å². The molecule has 0 bridgehead atoms. The third-order valence-corrected chi connectivity index (χ3v) is 3.41. The molecular formula is C13H8Cl2F3N. The van der Waals surface area contributed by atoms with Gasteiger partial charge in [0, 0.05) is 0 Å². The van der Waals surface area contributed by atoms with Crippen molar-refractivity contribution in [1.82, 2.24) is 0 Å². The molecule has 0 aliphatic heterocycles. The van der Waals surface area contributed by atoms with Crippen LogP contribution in [-0.4, -0.2) is 0 Å². The summed E-state index contributed by atoms with van der Waals surface area (Å²) in [5.74, 6) is -4.10. The zero-order chi connectivity index (χ0) is 14.2. The second-order valence-corrected chi connectivity index (χ2v) is 4.76. The molecule has 6 heteroatoms. The Hall–Kier alpha value is -1.23. The minimum Gasteiger partial charge on any atom is -0.320 e. The maximum absolute atomic E-state index is 13.1. The molecule has 0 heterocycles. The number of halogens is 5. The van der Waals surface area contributed by atoms with Crippen molar-refractivity contribution in [3.8, 4) is 0 Å². The Bertz CT molecular complexity index is 608. The number of nitrogens with two attached hydrogens (primary N) is 1. The van der Waals surface area contributed by atoms with Gasteiger partial charge in [0.05, 0.1) is 16.1 Å². The maximum Gasteiger partial charge on any atom is 0.194 e. The summed E-state index contributed by atoms with van der Waals surface area (Å²) >= 11 is 11.6. The lowest BCUT2D eigenvalue weighted by Crippen LogP contribution is -2.13. The Morgan fingerprint density at radius 2 is 1.42 bits per heavy atom. The van der Waals surface area contributed by atoms with Gasteiger partial charge in [-0.05, 0) is 35.4 Å². The molecule has 0 fully saturated rings. The SMILES string of the molecule is NC(c1cc(F)c(F)c(F)c1)c1ccc(Cl)c(Cl)c1. The second kappa shape index (κ2) is 5.41. The van der Waals surface area contributed by atoms with Crippen LogP contribution in [-0.2, 0) is 0 Å². The molecule has 0 aliphatic rings. The molecule has 0 radical (unpaired) electrons. The fraction of sp³-hybridized carbons (Fsp3) is 0.0769. The van der Waals surface area contributed by atoms with Crippen LogP contribution in [0.1, 0.15) is 17.2 Å². The molecule has 0 saturated heterocycles. The van der Waals surface area contributed by atoms with Crippen LogP contribution in [0.15, 0.2) is 30.3 Å². The van der Waals surface area contributed by atoms with E-state index in [2.05, 4.69) is 0 Å². The topological polar surface area (TPSA) is 26.0 Å². The summed E-state index contributed by atoms with van der Waals surface area (Å²) in [7, 11) is 0. The van der Waals surface area contributed by atoms with E-state index in [1.165, 1.54) is 12.1 Å². The van der Waals surface area contributed by atoms with Gasteiger partial charge in [-0.15, -0.1) is 0 Å². The Morgan fingerprint density at radius 1 is 0.842 bits per heavy atom. The standard InChI is InChI=1S/C13H8Cl2F3N/c14-8-2-1-6(3-9(8)15)13(19)7-4-10(16)12(18)11(17)5-7/h1-5,13H,19H2. The minimum absolute atomic E-state index is 0.106. The molecule has 0 aliphatic carbocycles. The highest BCUT2D eigenvalue weighted by atomic mass is 35.5. The van der Waals surface area contributed by atoms with Gasteiger partial charge in [-0.25, -0.2) is 13.2 Å². The van der Waals surface area contributed by atoms with E-state index in [0.29, 0.717) is 10.6 Å². The van der Waals surface area contributed by atoms with E-state index in [-0.39, 0.29) is 10.6 Å². The van der Waals surface area contributed by atoms with Crippen LogP contribution in [0.3, 0.4) is 0 Å². The molecule has 100 valence electrons. The Labute approximate surface area is 117 Å². The largest absolute Gasteiger partial charge is 0.320 e. The maximum atomic E-state index is 13.1. The third kappa shape index (κ3) is 2.86. The van der Waals surface area contributed by atoms with Crippen molar-refractivity contribution in [3.05, 3.63) is 69.0 Å². The first-order valence-corrected chi connectivity index (χ1v) is 6.00. The smallest absolute Gasteiger partial charge is 0.194 e. The van der Waals surface area contributed by atoms with Crippen LogP contribution >= 0.6 is 23.2 Å². The summed E-state index contributed by atoms with van der Waals surface area (Å²) in [4.78, 5) is 0. The Morgan fingerprint density at radius 3 is 1.95 bits per heavy atom. The van der Waals surface area contributed by atoms with Crippen molar-refractivity contribution in [1.29, 1.82) is 0 Å². The van der Waals surface area contributed by atoms with Crippen molar-refractivity contribution in [2.45, 2.75) is 6.04 Å². The molecule has 0 amide bonds. The average Bonchev–Trinajstić information content (AvgIpc) is 2.37. The molecule has 2 aromatic rings. The average molecular weight is 306 g/mol. The number of hydrogen-bond acceptors (Lipinski definition) is 1. The Kier molecular flexibility index (Phi) is 4.04. The first-order valence-electron chi connectivity index (χ1n) is 5.25. The van der Waals surface area contributed by atoms with Gasteiger partial charge in [0.1, 0.15) is 0 Å². The van der Waals surface area contributed by atoms with Crippen molar-refractivity contribution in [3.63, 3.8) is 0 Å². The molecule has 2 N–H and O–H groups in total. The molecule has 2 aromatic carbocycles. The fourth-order valence-electron chi connectivity index (χ4n) is 1.65. The van der Waals surface area contributed by atoms with Gasteiger partial charge >= 0.3 is 0 Å². The molecule has 19 heavy (non-hydrogen) atoms. The summed E-state index contributed by atoms with van der Waals surface area (Å²) in [5.41, 5.74) is 6.49. The highest BCUT2D eigenvalue weighted by Gasteiger charge is 2.16. The first kappa shape index (κ1) is 14.2. The van der Waals surface area contributed by atoms with Gasteiger partial charge in [0.25, 0.3) is 0 Å².